The highest BCUT2D eigenvalue weighted by Gasteiger charge is 2.10. The Hall–Kier alpha value is -1.62. The summed E-state index contributed by atoms with van der Waals surface area (Å²) < 4.78 is 1.79. The van der Waals surface area contributed by atoms with E-state index in [4.69, 9.17) is 5.73 Å². The molecular weight excluding hydrogens is 204 g/mol. The van der Waals surface area contributed by atoms with Crippen molar-refractivity contribution in [2.45, 2.75) is 18.9 Å². The second kappa shape index (κ2) is 6.07. The SMILES string of the molecule is C=CCC(N)C(=O)NCCc1ccnn1C. The van der Waals surface area contributed by atoms with Crippen LogP contribution >= 0.6 is 0 Å². The number of nitrogens with zero attached hydrogens (tertiary/aromatic N) is 2. The number of aromatic nitrogens is 2. The van der Waals surface area contributed by atoms with Gasteiger partial charge in [0.05, 0.1) is 6.04 Å². The van der Waals surface area contributed by atoms with Crippen LogP contribution in [0.4, 0.5) is 0 Å². The first-order chi connectivity index (χ1) is 7.65. The van der Waals surface area contributed by atoms with Crippen molar-refractivity contribution in [1.29, 1.82) is 0 Å². The molecule has 0 aliphatic heterocycles. The van der Waals surface area contributed by atoms with Gasteiger partial charge in [-0.3, -0.25) is 9.48 Å². The monoisotopic (exact) mass is 222 g/mol. The number of nitrogens with two attached hydrogens (primary N) is 1. The number of rotatable bonds is 6. The molecule has 1 heterocycles. The first-order valence-electron chi connectivity index (χ1n) is 5.26. The number of carbonyl (C=O) groups excluding carboxylic acids is 1. The lowest BCUT2D eigenvalue weighted by Gasteiger charge is -2.10. The molecule has 1 atom stereocenters. The number of amides is 1. The minimum absolute atomic E-state index is 0.137. The van der Waals surface area contributed by atoms with E-state index in [-0.39, 0.29) is 5.91 Å². The summed E-state index contributed by atoms with van der Waals surface area (Å²) in [5, 5.41) is 6.82. The molecule has 0 aromatic carbocycles. The van der Waals surface area contributed by atoms with E-state index < -0.39 is 6.04 Å². The topological polar surface area (TPSA) is 72.9 Å². The van der Waals surface area contributed by atoms with Gasteiger partial charge in [-0.25, -0.2) is 0 Å². The van der Waals surface area contributed by atoms with Crippen molar-refractivity contribution in [1.82, 2.24) is 15.1 Å². The third kappa shape index (κ3) is 3.51. The summed E-state index contributed by atoms with van der Waals surface area (Å²) in [6.45, 7) is 4.12. The average Bonchev–Trinajstić information content (AvgIpc) is 2.65. The van der Waals surface area contributed by atoms with Crippen LogP contribution in [0, 0.1) is 0 Å². The highest BCUT2D eigenvalue weighted by atomic mass is 16.2. The van der Waals surface area contributed by atoms with Crippen molar-refractivity contribution in [2.75, 3.05) is 6.54 Å². The molecule has 1 amide bonds. The van der Waals surface area contributed by atoms with Gasteiger partial charge in [0, 0.05) is 31.9 Å². The summed E-state index contributed by atoms with van der Waals surface area (Å²) in [4.78, 5) is 11.4. The smallest absolute Gasteiger partial charge is 0.237 e. The average molecular weight is 222 g/mol. The van der Waals surface area contributed by atoms with Gasteiger partial charge in [0.25, 0.3) is 0 Å². The van der Waals surface area contributed by atoms with Gasteiger partial charge in [0.2, 0.25) is 5.91 Å². The van der Waals surface area contributed by atoms with Crippen LogP contribution in [0.5, 0.6) is 0 Å². The molecule has 1 rings (SSSR count). The van der Waals surface area contributed by atoms with Crippen LogP contribution < -0.4 is 11.1 Å². The summed E-state index contributed by atoms with van der Waals surface area (Å²) in [5.41, 5.74) is 6.70. The van der Waals surface area contributed by atoms with E-state index in [0.29, 0.717) is 13.0 Å². The van der Waals surface area contributed by atoms with E-state index in [0.717, 1.165) is 12.1 Å². The minimum Gasteiger partial charge on any atom is -0.354 e. The zero-order valence-corrected chi connectivity index (χ0v) is 9.52. The Kier molecular flexibility index (Phi) is 4.72. The Bertz CT molecular complexity index is 359. The maximum atomic E-state index is 11.4. The highest BCUT2D eigenvalue weighted by molar-refractivity contribution is 5.81. The zero-order chi connectivity index (χ0) is 12.0. The number of hydrogen-bond donors (Lipinski definition) is 2. The van der Waals surface area contributed by atoms with Crippen molar-refractivity contribution in [3.05, 3.63) is 30.6 Å². The number of carbonyl (C=O) groups is 1. The molecule has 1 aromatic rings. The second-order valence-corrected chi connectivity index (χ2v) is 3.62. The van der Waals surface area contributed by atoms with Crippen LogP contribution in [0.15, 0.2) is 24.9 Å². The van der Waals surface area contributed by atoms with Crippen molar-refractivity contribution < 1.29 is 4.79 Å². The molecule has 0 aliphatic rings. The maximum absolute atomic E-state index is 11.4. The standard InChI is InChI=1S/C11H18N4O/c1-3-4-10(12)11(16)13-7-5-9-6-8-14-15(9)2/h3,6,8,10H,1,4-5,7,12H2,2H3,(H,13,16). The van der Waals surface area contributed by atoms with Gasteiger partial charge in [-0.15, -0.1) is 6.58 Å². The Morgan fingerprint density at radius 2 is 2.56 bits per heavy atom. The summed E-state index contributed by atoms with van der Waals surface area (Å²) in [6, 6.07) is 1.43. The van der Waals surface area contributed by atoms with Gasteiger partial charge in [-0.1, -0.05) is 6.08 Å². The number of hydrogen-bond acceptors (Lipinski definition) is 3. The molecule has 1 unspecified atom stereocenters. The fourth-order valence-corrected chi connectivity index (χ4v) is 1.38. The Morgan fingerprint density at radius 1 is 1.81 bits per heavy atom. The number of aryl methyl sites for hydroxylation is 1. The van der Waals surface area contributed by atoms with Crippen LogP contribution in [0.3, 0.4) is 0 Å². The van der Waals surface area contributed by atoms with E-state index in [1.165, 1.54) is 0 Å². The molecule has 0 bridgehead atoms. The van der Waals surface area contributed by atoms with E-state index in [1.54, 1.807) is 17.0 Å². The van der Waals surface area contributed by atoms with Gasteiger partial charge in [0.15, 0.2) is 0 Å². The fraction of sp³-hybridized carbons (Fsp3) is 0.455. The Balaban J connectivity index is 2.28. The van der Waals surface area contributed by atoms with Crippen LogP contribution in [-0.4, -0.2) is 28.3 Å². The highest BCUT2D eigenvalue weighted by Crippen LogP contribution is 1.96. The first kappa shape index (κ1) is 12.4. The zero-order valence-electron chi connectivity index (χ0n) is 9.52. The van der Waals surface area contributed by atoms with Gasteiger partial charge in [-0.05, 0) is 12.5 Å². The molecule has 0 saturated carbocycles. The van der Waals surface area contributed by atoms with Crippen molar-refractivity contribution in [2.24, 2.45) is 12.8 Å². The quantitative estimate of drug-likeness (QED) is 0.664. The number of nitrogens with one attached hydrogen (secondary N) is 1. The maximum Gasteiger partial charge on any atom is 0.237 e. The largest absolute Gasteiger partial charge is 0.354 e. The Labute approximate surface area is 95.3 Å². The van der Waals surface area contributed by atoms with Gasteiger partial charge in [-0.2, -0.15) is 5.10 Å². The molecule has 1 aromatic heterocycles. The molecule has 0 radical (unpaired) electrons. The molecule has 5 heteroatoms. The van der Waals surface area contributed by atoms with E-state index >= 15 is 0 Å². The lowest BCUT2D eigenvalue weighted by atomic mass is 10.2. The van der Waals surface area contributed by atoms with Crippen LogP contribution in [-0.2, 0) is 18.3 Å². The molecule has 0 spiro atoms. The van der Waals surface area contributed by atoms with E-state index in [9.17, 15) is 4.79 Å². The van der Waals surface area contributed by atoms with E-state index in [1.807, 2.05) is 13.1 Å². The van der Waals surface area contributed by atoms with Crippen LogP contribution in [0.25, 0.3) is 0 Å². The molecule has 0 saturated heterocycles. The molecular formula is C11H18N4O. The first-order valence-corrected chi connectivity index (χ1v) is 5.26. The van der Waals surface area contributed by atoms with Crippen molar-refractivity contribution in [3.63, 3.8) is 0 Å². The lowest BCUT2D eigenvalue weighted by molar-refractivity contribution is -0.122. The third-order valence-corrected chi connectivity index (χ3v) is 2.36. The predicted octanol–water partition coefficient (Wildman–Crippen LogP) is -0.0178. The Morgan fingerprint density at radius 3 is 3.12 bits per heavy atom. The molecule has 3 N–H and O–H groups in total. The van der Waals surface area contributed by atoms with Crippen molar-refractivity contribution in [3.8, 4) is 0 Å². The lowest BCUT2D eigenvalue weighted by Crippen LogP contribution is -2.41. The van der Waals surface area contributed by atoms with Gasteiger partial charge in [0.1, 0.15) is 0 Å². The van der Waals surface area contributed by atoms with Gasteiger partial charge >= 0.3 is 0 Å². The third-order valence-electron chi connectivity index (χ3n) is 2.36. The summed E-state index contributed by atoms with van der Waals surface area (Å²) in [6.07, 6.45) is 4.63. The molecule has 16 heavy (non-hydrogen) atoms. The summed E-state index contributed by atoms with van der Waals surface area (Å²) in [5.74, 6) is -0.137. The minimum atomic E-state index is -0.496. The molecule has 5 nitrogen and oxygen atoms in total. The van der Waals surface area contributed by atoms with E-state index in [2.05, 4.69) is 17.0 Å². The summed E-state index contributed by atoms with van der Waals surface area (Å²) >= 11 is 0. The normalized spacial score (nSPS) is 12.1. The molecule has 0 aliphatic carbocycles. The van der Waals surface area contributed by atoms with Crippen LogP contribution in [0.1, 0.15) is 12.1 Å². The van der Waals surface area contributed by atoms with Crippen LogP contribution in [0.2, 0.25) is 0 Å². The summed E-state index contributed by atoms with van der Waals surface area (Å²) in [7, 11) is 1.88. The van der Waals surface area contributed by atoms with Crippen molar-refractivity contribution >= 4 is 5.91 Å². The molecule has 0 fully saturated rings. The second-order valence-electron chi connectivity index (χ2n) is 3.62. The predicted molar refractivity (Wildman–Crippen MR) is 62.7 cm³/mol. The van der Waals surface area contributed by atoms with Gasteiger partial charge < -0.3 is 11.1 Å². The molecule has 88 valence electrons. The fourth-order valence-electron chi connectivity index (χ4n) is 1.38.